The van der Waals surface area contributed by atoms with Crippen LogP contribution in [-0.4, -0.2) is 53.0 Å². The number of sulfonamides is 1. The fraction of sp³-hybridized carbons (Fsp3) is 0.533. The van der Waals surface area contributed by atoms with E-state index in [4.69, 9.17) is 0 Å². The lowest BCUT2D eigenvalue weighted by Crippen LogP contribution is -2.33. The molecule has 0 aliphatic heterocycles. The van der Waals surface area contributed by atoms with Crippen LogP contribution in [0.4, 0.5) is 0 Å². The number of nitrogens with zero attached hydrogens (tertiary/aromatic N) is 1. The Morgan fingerprint density at radius 3 is 2.65 bits per heavy atom. The minimum absolute atomic E-state index is 0. The molecular formula is C15H24ClN3O3S. The van der Waals surface area contributed by atoms with Gasteiger partial charge < -0.3 is 10.2 Å². The number of amides is 1. The number of likely N-dealkylation sites (N-methyl/N-ethyl adjacent to an activating group) is 2. The van der Waals surface area contributed by atoms with E-state index in [0.717, 1.165) is 12.8 Å². The van der Waals surface area contributed by atoms with Crippen molar-refractivity contribution in [1.29, 1.82) is 0 Å². The van der Waals surface area contributed by atoms with Gasteiger partial charge in [-0.25, -0.2) is 13.1 Å². The molecule has 0 heterocycles. The third-order valence-electron chi connectivity index (χ3n) is 3.69. The molecule has 1 aromatic rings. The molecule has 2 N–H and O–H groups in total. The van der Waals surface area contributed by atoms with Crippen molar-refractivity contribution in [2.24, 2.45) is 5.92 Å². The summed E-state index contributed by atoms with van der Waals surface area (Å²) >= 11 is 0. The van der Waals surface area contributed by atoms with Gasteiger partial charge in [-0.1, -0.05) is 6.07 Å². The van der Waals surface area contributed by atoms with E-state index < -0.39 is 10.0 Å². The maximum Gasteiger partial charge on any atom is 0.253 e. The van der Waals surface area contributed by atoms with Crippen molar-refractivity contribution in [3.8, 4) is 0 Å². The number of hydrogen-bond donors (Lipinski definition) is 2. The zero-order valence-corrected chi connectivity index (χ0v) is 15.0. The zero-order valence-electron chi connectivity index (χ0n) is 13.4. The molecular weight excluding hydrogens is 338 g/mol. The van der Waals surface area contributed by atoms with Crippen LogP contribution in [0.25, 0.3) is 0 Å². The second-order valence-corrected chi connectivity index (χ2v) is 7.42. The molecule has 0 radical (unpaired) electrons. The third kappa shape index (κ3) is 5.76. The van der Waals surface area contributed by atoms with E-state index >= 15 is 0 Å². The van der Waals surface area contributed by atoms with Gasteiger partial charge in [0.15, 0.2) is 0 Å². The molecule has 0 bridgehead atoms. The van der Waals surface area contributed by atoms with E-state index in [0.29, 0.717) is 31.1 Å². The van der Waals surface area contributed by atoms with Crippen molar-refractivity contribution >= 4 is 28.3 Å². The Hall–Kier alpha value is -1.15. The van der Waals surface area contributed by atoms with Gasteiger partial charge in [-0.05, 0) is 44.0 Å². The lowest BCUT2D eigenvalue weighted by atomic mass is 10.2. The topological polar surface area (TPSA) is 78.5 Å². The van der Waals surface area contributed by atoms with Crippen molar-refractivity contribution in [3.05, 3.63) is 29.8 Å². The molecule has 8 heteroatoms. The lowest BCUT2D eigenvalue weighted by Gasteiger charge is -2.17. The second-order valence-electron chi connectivity index (χ2n) is 5.65. The molecule has 0 aromatic heterocycles. The first-order valence-electron chi connectivity index (χ1n) is 7.44. The maximum atomic E-state index is 12.3. The van der Waals surface area contributed by atoms with Gasteiger partial charge in [0, 0.05) is 32.2 Å². The summed E-state index contributed by atoms with van der Waals surface area (Å²) in [5, 5.41) is 2.97. The van der Waals surface area contributed by atoms with Crippen molar-refractivity contribution in [1.82, 2.24) is 14.9 Å². The van der Waals surface area contributed by atoms with Crippen molar-refractivity contribution < 1.29 is 13.2 Å². The van der Waals surface area contributed by atoms with Crippen LogP contribution in [-0.2, 0) is 10.0 Å². The molecule has 1 aliphatic carbocycles. The van der Waals surface area contributed by atoms with Gasteiger partial charge in [0.2, 0.25) is 10.0 Å². The predicted molar refractivity (Wildman–Crippen MR) is 92.5 cm³/mol. The van der Waals surface area contributed by atoms with Gasteiger partial charge >= 0.3 is 0 Å². The number of hydrogen-bond acceptors (Lipinski definition) is 4. The van der Waals surface area contributed by atoms with Gasteiger partial charge in [-0.15, -0.1) is 12.4 Å². The molecule has 1 saturated carbocycles. The molecule has 2 rings (SSSR count). The SMILES string of the molecule is CNCCN(C)C(=O)c1cccc(S(=O)(=O)NCC2CC2)c1.Cl. The highest BCUT2D eigenvalue weighted by atomic mass is 35.5. The predicted octanol–water partition coefficient (Wildman–Crippen LogP) is 1.09. The van der Waals surface area contributed by atoms with Crippen LogP contribution in [0.15, 0.2) is 29.2 Å². The summed E-state index contributed by atoms with van der Waals surface area (Å²) in [5.41, 5.74) is 0.382. The van der Waals surface area contributed by atoms with E-state index in [1.165, 1.54) is 12.1 Å². The summed E-state index contributed by atoms with van der Waals surface area (Å²) < 4.78 is 27.1. The van der Waals surface area contributed by atoms with Gasteiger partial charge in [0.25, 0.3) is 5.91 Å². The Bertz CT molecular complexity index is 633. The molecule has 0 saturated heterocycles. The third-order valence-corrected chi connectivity index (χ3v) is 5.12. The molecule has 130 valence electrons. The fourth-order valence-corrected chi connectivity index (χ4v) is 3.19. The highest BCUT2D eigenvalue weighted by molar-refractivity contribution is 7.89. The lowest BCUT2D eigenvalue weighted by molar-refractivity contribution is 0.0796. The Labute approximate surface area is 144 Å². The summed E-state index contributed by atoms with van der Waals surface area (Å²) in [6.07, 6.45) is 2.16. The molecule has 1 fully saturated rings. The molecule has 0 atom stereocenters. The van der Waals surface area contributed by atoms with Crippen LogP contribution in [0, 0.1) is 5.92 Å². The number of nitrogens with one attached hydrogen (secondary N) is 2. The first-order chi connectivity index (χ1) is 10.4. The van der Waals surface area contributed by atoms with Gasteiger partial charge in [0.05, 0.1) is 4.90 Å². The molecule has 0 spiro atoms. The molecule has 1 aliphatic rings. The first-order valence-corrected chi connectivity index (χ1v) is 8.92. The minimum atomic E-state index is -3.55. The summed E-state index contributed by atoms with van der Waals surface area (Å²) in [5.74, 6) is 0.279. The van der Waals surface area contributed by atoms with Crippen LogP contribution in [0.5, 0.6) is 0 Å². The molecule has 1 aromatic carbocycles. The van der Waals surface area contributed by atoms with E-state index in [-0.39, 0.29) is 23.2 Å². The van der Waals surface area contributed by atoms with Crippen LogP contribution in [0.1, 0.15) is 23.2 Å². The fourth-order valence-electron chi connectivity index (χ4n) is 2.03. The standard InChI is InChI=1S/C15H23N3O3S.ClH/c1-16-8-9-18(2)15(19)13-4-3-5-14(10-13)22(20,21)17-11-12-6-7-12;/h3-5,10,12,16-17H,6-9,11H2,1-2H3;1H. The maximum absolute atomic E-state index is 12.3. The van der Waals surface area contributed by atoms with Crippen LogP contribution in [0.2, 0.25) is 0 Å². The zero-order chi connectivity index (χ0) is 16.2. The normalized spacial score (nSPS) is 14.2. The van der Waals surface area contributed by atoms with E-state index in [9.17, 15) is 13.2 Å². The van der Waals surface area contributed by atoms with Gasteiger partial charge in [-0.3, -0.25) is 4.79 Å². The van der Waals surface area contributed by atoms with Gasteiger partial charge in [-0.2, -0.15) is 0 Å². The van der Waals surface area contributed by atoms with Crippen molar-refractivity contribution in [2.75, 3.05) is 33.7 Å². The molecule has 23 heavy (non-hydrogen) atoms. The van der Waals surface area contributed by atoms with E-state index in [2.05, 4.69) is 10.0 Å². The molecule has 0 unspecified atom stereocenters. The Balaban J connectivity index is 0.00000264. The number of halogens is 1. The summed E-state index contributed by atoms with van der Waals surface area (Å²) in [6, 6.07) is 6.19. The highest BCUT2D eigenvalue weighted by Crippen LogP contribution is 2.28. The van der Waals surface area contributed by atoms with E-state index in [1.54, 1.807) is 24.1 Å². The van der Waals surface area contributed by atoms with Crippen LogP contribution >= 0.6 is 12.4 Å². The Kier molecular flexibility index (Phi) is 7.47. The molecule has 6 nitrogen and oxygen atoms in total. The molecule has 1 amide bonds. The average molecular weight is 362 g/mol. The van der Waals surface area contributed by atoms with Crippen LogP contribution in [0.3, 0.4) is 0 Å². The number of rotatable bonds is 8. The summed E-state index contributed by atoms with van der Waals surface area (Å²) in [7, 11) is -0.0300. The average Bonchev–Trinajstić information content (AvgIpc) is 3.34. The number of benzene rings is 1. The second kappa shape index (κ2) is 8.63. The smallest absolute Gasteiger partial charge is 0.253 e. The number of carbonyl (C=O) groups excluding carboxylic acids is 1. The van der Waals surface area contributed by atoms with E-state index in [1.807, 2.05) is 7.05 Å². The Morgan fingerprint density at radius 1 is 1.35 bits per heavy atom. The highest BCUT2D eigenvalue weighted by Gasteiger charge is 2.24. The van der Waals surface area contributed by atoms with Gasteiger partial charge in [0.1, 0.15) is 0 Å². The quantitative estimate of drug-likeness (QED) is 0.726. The Morgan fingerprint density at radius 2 is 2.04 bits per heavy atom. The summed E-state index contributed by atoms with van der Waals surface area (Å²) in [6.45, 7) is 1.72. The largest absolute Gasteiger partial charge is 0.340 e. The minimum Gasteiger partial charge on any atom is -0.340 e. The first kappa shape index (κ1) is 19.9. The number of carbonyl (C=O) groups is 1. The van der Waals surface area contributed by atoms with Crippen molar-refractivity contribution in [2.45, 2.75) is 17.7 Å². The van der Waals surface area contributed by atoms with Crippen molar-refractivity contribution in [3.63, 3.8) is 0 Å². The monoisotopic (exact) mass is 361 g/mol. The van der Waals surface area contributed by atoms with Crippen LogP contribution < -0.4 is 10.0 Å². The summed E-state index contributed by atoms with van der Waals surface area (Å²) in [4.78, 5) is 14.0.